The predicted octanol–water partition coefficient (Wildman–Crippen LogP) is 1.67. The molecule has 3 heteroatoms. The third kappa shape index (κ3) is 2.07. The Kier molecular flexibility index (Phi) is 3.10. The van der Waals surface area contributed by atoms with E-state index in [0.717, 1.165) is 12.5 Å². The summed E-state index contributed by atoms with van der Waals surface area (Å²) in [5.74, 6) is 0.817. The van der Waals surface area contributed by atoms with Gasteiger partial charge in [-0.2, -0.15) is 5.10 Å². The molecule has 1 aromatic heterocycles. The van der Waals surface area contributed by atoms with E-state index in [-0.39, 0.29) is 0 Å². The van der Waals surface area contributed by atoms with E-state index in [2.05, 4.69) is 35.9 Å². The van der Waals surface area contributed by atoms with E-state index in [9.17, 15) is 0 Å². The lowest BCUT2D eigenvalue weighted by atomic mass is 9.97. The third-order valence-corrected chi connectivity index (χ3v) is 3.49. The van der Waals surface area contributed by atoms with Crippen molar-refractivity contribution in [1.82, 2.24) is 15.1 Å². The van der Waals surface area contributed by atoms with Crippen molar-refractivity contribution in [3.05, 3.63) is 17.0 Å². The summed E-state index contributed by atoms with van der Waals surface area (Å²) in [6, 6.07) is 0. The Balaban J connectivity index is 2.15. The van der Waals surface area contributed by atoms with Crippen LogP contribution in [0.1, 0.15) is 30.3 Å². The van der Waals surface area contributed by atoms with Gasteiger partial charge in [-0.25, -0.2) is 0 Å². The molecule has 1 aromatic rings. The highest BCUT2D eigenvalue weighted by molar-refractivity contribution is 5.25. The first-order valence-electron chi connectivity index (χ1n) is 5.96. The normalized spacial score (nSPS) is 21.1. The molecule has 1 aliphatic heterocycles. The summed E-state index contributed by atoms with van der Waals surface area (Å²) in [6.45, 7) is 9.83. The molecule has 0 amide bonds. The zero-order chi connectivity index (χ0) is 10.8. The standard InChI is InChI=1S/C12H21N3/c1-4-15-10(3)12(9(2)14-15)7-11-5-6-13-8-11/h11,13H,4-8H2,1-3H3. The number of rotatable bonds is 3. The summed E-state index contributed by atoms with van der Waals surface area (Å²) in [6.07, 6.45) is 2.51. The number of nitrogens with zero attached hydrogens (tertiary/aromatic N) is 2. The van der Waals surface area contributed by atoms with Crippen LogP contribution in [-0.4, -0.2) is 22.9 Å². The van der Waals surface area contributed by atoms with Crippen LogP contribution in [0.15, 0.2) is 0 Å². The Morgan fingerprint density at radius 2 is 2.27 bits per heavy atom. The lowest BCUT2D eigenvalue weighted by Crippen LogP contribution is -2.11. The molecule has 1 aliphatic rings. The molecule has 1 saturated heterocycles. The molecule has 0 spiro atoms. The molecular weight excluding hydrogens is 186 g/mol. The molecule has 0 bridgehead atoms. The highest BCUT2D eigenvalue weighted by atomic mass is 15.3. The van der Waals surface area contributed by atoms with Crippen molar-refractivity contribution < 1.29 is 0 Å². The van der Waals surface area contributed by atoms with E-state index in [1.807, 2.05) is 0 Å². The molecule has 1 N–H and O–H groups in total. The van der Waals surface area contributed by atoms with Crippen molar-refractivity contribution in [2.24, 2.45) is 5.92 Å². The van der Waals surface area contributed by atoms with Crippen LogP contribution < -0.4 is 5.32 Å². The van der Waals surface area contributed by atoms with Gasteiger partial charge in [-0.15, -0.1) is 0 Å². The zero-order valence-electron chi connectivity index (χ0n) is 10.0. The predicted molar refractivity (Wildman–Crippen MR) is 62.1 cm³/mol. The zero-order valence-corrected chi connectivity index (χ0v) is 10.0. The van der Waals surface area contributed by atoms with E-state index in [1.54, 1.807) is 0 Å². The summed E-state index contributed by atoms with van der Waals surface area (Å²) in [4.78, 5) is 0. The second kappa shape index (κ2) is 4.35. The van der Waals surface area contributed by atoms with Gasteiger partial charge in [-0.3, -0.25) is 4.68 Å². The minimum absolute atomic E-state index is 0.817. The molecule has 1 fully saturated rings. The molecule has 15 heavy (non-hydrogen) atoms. The van der Waals surface area contributed by atoms with Crippen molar-refractivity contribution in [3.63, 3.8) is 0 Å². The van der Waals surface area contributed by atoms with Gasteiger partial charge in [-0.1, -0.05) is 0 Å². The monoisotopic (exact) mass is 207 g/mol. The van der Waals surface area contributed by atoms with Gasteiger partial charge in [-0.05, 0) is 58.2 Å². The number of hydrogen-bond acceptors (Lipinski definition) is 2. The lowest BCUT2D eigenvalue weighted by molar-refractivity contribution is 0.574. The van der Waals surface area contributed by atoms with Crippen LogP contribution in [0.4, 0.5) is 0 Å². The van der Waals surface area contributed by atoms with Crippen LogP contribution in [0, 0.1) is 19.8 Å². The Bertz CT molecular complexity index is 335. The first-order valence-corrected chi connectivity index (χ1v) is 5.96. The molecule has 0 aliphatic carbocycles. The van der Waals surface area contributed by atoms with Crippen molar-refractivity contribution >= 4 is 0 Å². The molecule has 2 heterocycles. The molecule has 0 saturated carbocycles. The van der Waals surface area contributed by atoms with Crippen LogP contribution in [-0.2, 0) is 13.0 Å². The fourth-order valence-electron chi connectivity index (χ4n) is 2.51. The molecule has 1 atom stereocenters. The molecule has 2 rings (SSSR count). The Morgan fingerprint density at radius 1 is 1.47 bits per heavy atom. The van der Waals surface area contributed by atoms with Gasteiger partial charge in [0.15, 0.2) is 0 Å². The van der Waals surface area contributed by atoms with E-state index in [4.69, 9.17) is 0 Å². The van der Waals surface area contributed by atoms with Crippen molar-refractivity contribution in [3.8, 4) is 0 Å². The largest absolute Gasteiger partial charge is 0.316 e. The number of nitrogens with one attached hydrogen (secondary N) is 1. The number of aromatic nitrogens is 2. The summed E-state index contributed by atoms with van der Waals surface area (Å²) >= 11 is 0. The van der Waals surface area contributed by atoms with Gasteiger partial charge in [0.25, 0.3) is 0 Å². The van der Waals surface area contributed by atoms with Crippen molar-refractivity contribution in [2.75, 3.05) is 13.1 Å². The topological polar surface area (TPSA) is 29.9 Å². The maximum atomic E-state index is 4.57. The quantitative estimate of drug-likeness (QED) is 0.817. The fourth-order valence-corrected chi connectivity index (χ4v) is 2.51. The number of hydrogen-bond donors (Lipinski definition) is 1. The van der Waals surface area contributed by atoms with Gasteiger partial charge in [0.2, 0.25) is 0 Å². The molecule has 0 radical (unpaired) electrons. The Labute approximate surface area is 91.9 Å². The minimum Gasteiger partial charge on any atom is -0.316 e. The first kappa shape index (κ1) is 10.7. The molecule has 0 aromatic carbocycles. The minimum atomic E-state index is 0.817. The SMILES string of the molecule is CCn1nc(C)c(CC2CCNC2)c1C. The molecule has 84 valence electrons. The maximum absolute atomic E-state index is 4.57. The van der Waals surface area contributed by atoms with Crippen molar-refractivity contribution in [2.45, 2.75) is 40.2 Å². The smallest absolute Gasteiger partial charge is 0.0628 e. The molecular formula is C12H21N3. The Hall–Kier alpha value is -0.830. The van der Waals surface area contributed by atoms with Gasteiger partial charge >= 0.3 is 0 Å². The summed E-state index contributed by atoms with van der Waals surface area (Å²) in [5.41, 5.74) is 4.06. The maximum Gasteiger partial charge on any atom is 0.0628 e. The first-order chi connectivity index (χ1) is 7.22. The van der Waals surface area contributed by atoms with E-state index < -0.39 is 0 Å². The van der Waals surface area contributed by atoms with Gasteiger partial charge in [0.1, 0.15) is 0 Å². The van der Waals surface area contributed by atoms with Crippen LogP contribution in [0.2, 0.25) is 0 Å². The molecule has 1 unspecified atom stereocenters. The van der Waals surface area contributed by atoms with E-state index >= 15 is 0 Å². The summed E-state index contributed by atoms with van der Waals surface area (Å²) in [5, 5.41) is 7.99. The van der Waals surface area contributed by atoms with E-state index in [0.29, 0.717) is 0 Å². The summed E-state index contributed by atoms with van der Waals surface area (Å²) < 4.78 is 2.12. The van der Waals surface area contributed by atoms with Gasteiger partial charge in [0.05, 0.1) is 5.69 Å². The highest BCUT2D eigenvalue weighted by Crippen LogP contribution is 2.20. The third-order valence-electron chi connectivity index (χ3n) is 3.49. The van der Waals surface area contributed by atoms with Crippen LogP contribution in [0.3, 0.4) is 0 Å². The fraction of sp³-hybridized carbons (Fsp3) is 0.750. The number of aryl methyl sites for hydroxylation is 2. The average Bonchev–Trinajstić information content (AvgIpc) is 2.81. The second-order valence-corrected chi connectivity index (χ2v) is 4.53. The Morgan fingerprint density at radius 3 is 2.80 bits per heavy atom. The van der Waals surface area contributed by atoms with Crippen LogP contribution >= 0.6 is 0 Å². The van der Waals surface area contributed by atoms with Crippen LogP contribution in [0.25, 0.3) is 0 Å². The lowest BCUT2D eigenvalue weighted by Gasteiger charge is -2.08. The average molecular weight is 207 g/mol. The van der Waals surface area contributed by atoms with Gasteiger partial charge in [0, 0.05) is 12.2 Å². The molecule has 3 nitrogen and oxygen atoms in total. The summed E-state index contributed by atoms with van der Waals surface area (Å²) in [7, 11) is 0. The van der Waals surface area contributed by atoms with Crippen molar-refractivity contribution in [1.29, 1.82) is 0 Å². The second-order valence-electron chi connectivity index (χ2n) is 4.53. The van der Waals surface area contributed by atoms with Gasteiger partial charge < -0.3 is 5.32 Å². The van der Waals surface area contributed by atoms with Crippen LogP contribution in [0.5, 0.6) is 0 Å². The highest BCUT2D eigenvalue weighted by Gasteiger charge is 2.19. The van der Waals surface area contributed by atoms with E-state index in [1.165, 1.54) is 42.9 Å².